The number of aromatic nitrogens is 3. The number of carbonyl (C=O) groups is 1. The van der Waals surface area contributed by atoms with Crippen LogP contribution in [-0.4, -0.2) is 26.6 Å². The summed E-state index contributed by atoms with van der Waals surface area (Å²) in [6, 6.07) is 3.47. The Hall–Kier alpha value is -3.09. The minimum atomic E-state index is -2.89. The van der Waals surface area contributed by atoms with E-state index in [2.05, 4.69) is 22.0 Å². The van der Waals surface area contributed by atoms with Crippen molar-refractivity contribution >= 4 is 23.5 Å². The molecule has 1 atom stereocenters. The minimum Gasteiger partial charge on any atom is -0.310 e. The predicted octanol–water partition coefficient (Wildman–Crippen LogP) is 4.31. The van der Waals surface area contributed by atoms with Crippen LogP contribution < -0.4 is 5.32 Å². The molecule has 1 N–H and O–H groups in total. The fraction of sp³-hybridized carbons (Fsp3) is 0.250. The van der Waals surface area contributed by atoms with Crippen molar-refractivity contribution in [2.45, 2.75) is 26.2 Å². The van der Waals surface area contributed by atoms with E-state index in [1.807, 2.05) is 38.1 Å². The van der Waals surface area contributed by atoms with Crippen LogP contribution >= 0.6 is 0 Å². The molecule has 1 amide bonds. The summed E-state index contributed by atoms with van der Waals surface area (Å²) in [4.78, 5) is 16.0. The van der Waals surface area contributed by atoms with Crippen LogP contribution in [0.15, 0.2) is 55.0 Å². The maximum absolute atomic E-state index is 13.0. The van der Waals surface area contributed by atoms with Gasteiger partial charge in [0.25, 0.3) is 5.92 Å². The van der Waals surface area contributed by atoms with Gasteiger partial charge in [0.15, 0.2) is 0 Å². The Balaban J connectivity index is 1.80. The zero-order chi connectivity index (χ0) is 19.6. The van der Waals surface area contributed by atoms with Gasteiger partial charge in [0.05, 0.1) is 5.70 Å². The summed E-state index contributed by atoms with van der Waals surface area (Å²) >= 11 is 0. The van der Waals surface area contributed by atoms with E-state index in [-0.39, 0.29) is 5.82 Å². The summed E-state index contributed by atoms with van der Waals surface area (Å²) in [5.74, 6) is -4.58. The Morgan fingerprint density at radius 3 is 2.78 bits per heavy atom. The van der Waals surface area contributed by atoms with Gasteiger partial charge in [-0.05, 0) is 48.8 Å². The van der Waals surface area contributed by atoms with Gasteiger partial charge in [0.1, 0.15) is 11.7 Å². The first-order valence-corrected chi connectivity index (χ1v) is 8.51. The fourth-order valence-corrected chi connectivity index (χ4v) is 2.63. The van der Waals surface area contributed by atoms with Gasteiger partial charge in [-0.3, -0.25) is 4.79 Å². The molecular weight excluding hydrogens is 350 g/mol. The molecule has 0 unspecified atom stereocenters. The summed E-state index contributed by atoms with van der Waals surface area (Å²) < 4.78 is 27.6. The van der Waals surface area contributed by atoms with E-state index in [9.17, 15) is 13.6 Å². The number of nitrogens with one attached hydrogen (secondary N) is 1. The molecule has 2 heterocycles. The third-order valence-electron chi connectivity index (χ3n) is 4.32. The third-order valence-corrected chi connectivity index (χ3v) is 4.32. The number of hydrogen-bond donors (Lipinski definition) is 1. The molecule has 1 aliphatic carbocycles. The molecule has 0 saturated heterocycles. The summed E-state index contributed by atoms with van der Waals surface area (Å²) in [5, 5.41) is 6.64. The Morgan fingerprint density at radius 1 is 1.48 bits per heavy atom. The van der Waals surface area contributed by atoms with Crippen molar-refractivity contribution in [2.24, 2.45) is 5.92 Å². The lowest BCUT2D eigenvalue weighted by Crippen LogP contribution is -2.18. The molecule has 27 heavy (non-hydrogen) atoms. The number of hydrogen-bond acceptors (Lipinski definition) is 3. The average molecular weight is 370 g/mol. The highest BCUT2D eigenvalue weighted by atomic mass is 19.3. The van der Waals surface area contributed by atoms with E-state index in [0.29, 0.717) is 5.70 Å². The molecule has 0 aromatic carbocycles. The molecule has 1 fully saturated rings. The van der Waals surface area contributed by atoms with E-state index in [1.165, 1.54) is 0 Å². The number of anilines is 1. The van der Waals surface area contributed by atoms with Crippen LogP contribution in [0.2, 0.25) is 0 Å². The zero-order valence-electron chi connectivity index (χ0n) is 15.1. The largest absolute Gasteiger partial charge is 0.310 e. The predicted molar refractivity (Wildman–Crippen MR) is 101 cm³/mol. The molecule has 2 aromatic heterocycles. The molecule has 2 aromatic rings. The van der Waals surface area contributed by atoms with Crippen LogP contribution in [0.3, 0.4) is 0 Å². The summed E-state index contributed by atoms with van der Waals surface area (Å²) in [6.07, 6.45) is 10.4. The molecule has 5 nitrogen and oxygen atoms in total. The van der Waals surface area contributed by atoms with Crippen molar-refractivity contribution in [1.82, 2.24) is 14.8 Å². The van der Waals surface area contributed by atoms with Gasteiger partial charge in [-0.1, -0.05) is 18.7 Å². The summed E-state index contributed by atoms with van der Waals surface area (Å²) in [6.45, 7) is 7.84. The topological polar surface area (TPSA) is 59.8 Å². The van der Waals surface area contributed by atoms with Gasteiger partial charge in [-0.25, -0.2) is 18.4 Å². The van der Waals surface area contributed by atoms with Crippen LogP contribution in [0.5, 0.6) is 0 Å². The first-order valence-electron chi connectivity index (χ1n) is 8.51. The Labute approximate surface area is 156 Å². The van der Waals surface area contributed by atoms with Crippen LogP contribution in [-0.2, 0) is 4.79 Å². The molecular formula is C20H20F2N4O. The fourth-order valence-electron chi connectivity index (χ4n) is 2.63. The van der Waals surface area contributed by atoms with Crippen LogP contribution in [0, 0.1) is 12.8 Å². The lowest BCUT2D eigenvalue weighted by Gasteiger charge is -2.10. The quantitative estimate of drug-likeness (QED) is 0.771. The molecule has 0 aliphatic heterocycles. The maximum atomic E-state index is 13.0. The Bertz CT molecular complexity index is 929. The zero-order valence-corrected chi connectivity index (χ0v) is 15.1. The second-order valence-electron chi connectivity index (χ2n) is 6.43. The normalized spacial score (nSPS) is 18.5. The van der Waals surface area contributed by atoms with Gasteiger partial charge in [0, 0.05) is 25.0 Å². The van der Waals surface area contributed by atoms with E-state index >= 15 is 0 Å². The van der Waals surface area contributed by atoms with Crippen LogP contribution in [0.25, 0.3) is 11.8 Å². The average Bonchev–Trinajstić information content (AvgIpc) is 3.02. The first kappa shape index (κ1) is 18.7. The van der Waals surface area contributed by atoms with Crippen molar-refractivity contribution in [3.05, 3.63) is 66.2 Å². The molecule has 1 aliphatic rings. The smallest absolute Gasteiger partial charge is 0.260 e. The number of alkyl halides is 2. The Kier molecular flexibility index (Phi) is 5.03. The van der Waals surface area contributed by atoms with Gasteiger partial charge in [-0.2, -0.15) is 5.10 Å². The number of pyridine rings is 1. The Morgan fingerprint density at radius 2 is 2.22 bits per heavy atom. The van der Waals surface area contributed by atoms with Gasteiger partial charge in [0.2, 0.25) is 5.91 Å². The van der Waals surface area contributed by atoms with Crippen molar-refractivity contribution in [3.8, 4) is 0 Å². The van der Waals surface area contributed by atoms with Crippen molar-refractivity contribution in [3.63, 3.8) is 0 Å². The highest BCUT2D eigenvalue weighted by molar-refractivity contribution is 5.94. The van der Waals surface area contributed by atoms with Gasteiger partial charge < -0.3 is 5.32 Å². The highest BCUT2D eigenvalue weighted by Crippen LogP contribution is 2.49. The molecule has 1 saturated carbocycles. The van der Waals surface area contributed by atoms with E-state index in [0.717, 1.165) is 16.7 Å². The standard InChI is InChI=1S/C20H20F2N4O/c1-4-6-15(14(3)26-8-5-7-24-26)10-16-12-23-18(9-13(16)2)25-19(27)17-11-20(17,21)22/h4-10,12,17H,3,11H2,1-2H3,(H,23,25,27)/b6-4+,15-10-/t17-/m1/s1. The first-order chi connectivity index (χ1) is 12.8. The van der Waals surface area contributed by atoms with E-state index < -0.39 is 24.2 Å². The number of halogens is 2. The number of allylic oxidation sites excluding steroid dienone is 4. The molecule has 7 heteroatoms. The van der Waals surface area contributed by atoms with Crippen LogP contribution in [0.1, 0.15) is 24.5 Å². The van der Waals surface area contributed by atoms with Gasteiger partial charge >= 0.3 is 0 Å². The van der Waals surface area contributed by atoms with Crippen LogP contribution in [0.4, 0.5) is 14.6 Å². The SMILES string of the molecule is C=C(C(=C\c1cnc(NC(=O)[C@H]2CC2(F)F)cc1C)/C=C/C)n1cccn1. The maximum Gasteiger partial charge on any atom is 0.260 e. The summed E-state index contributed by atoms with van der Waals surface area (Å²) in [7, 11) is 0. The monoisotopic (exact) mass is 370 g/mol. The second-order valence-corrected chi connectivity index (χ2v) is 6.43. The minimum absolute atomic E-state index is 0.260. The number of aryl methyl sites for hydroxylation is 1. The third kappa shape index (κ3) is 4.19. The molecule has 0 radical (unpaired) electrons. The lowest BCUT2D eigenvalue weighted by molar-refractivity contribution is -0.119. The second kappa shape index (κ2) is 7.26. The highest BCUT2D eigenvalue weighted by Gasteiger charge is 2.61. The number of nitrogens with zero attached hydrogens (tertiary/aromatic N) is 3. The number of rotatable bonds is 6. The lowest BCUT2D eigenvalue weighted by atomic mass is 10.1. The van der Waals surface area contributed by atoms with Crippen molar-refractivity contribution in [2.75, 3.05) is 5.32 Å². The molecule has 0 bridgehead atoms. The van der Waals surface area contributed by atoms with Gasteiger partial charge in [-0.15, -0.1) is 0 Å². The van der Waals surface area contributed by atoms with Crippen molar-refractivity contribution < 1.29 is 13.6 Å². The van der Waals surface area contributed by atoms with E-state index in [1.54, 1.807) is 29.3 Å². The molecule has 140 valence electrons. The molecule has 3 rings (SSSR count). The summed E-state index contributed by atoms with van der Waals surface area (Å²) in [5.41, 5.74) is 3.22. The molecule has 0 spiro atoms. The van der Waals surface area contributed by atoms with Crippen molar-refractivity contribution in [1.29, 1.82) is 0 Å². The number of carbonyl (C=O) groups excluding carboxylic acids is 1. The number of amides is 1. The van der Waals surface area contributed by atoms with E-state index in [4.69, 9.17) is 0 Å².